The van der Waals surface area contributed by atoms with Crippen LogP contribution in [0.2, 0.25) is 0 Å². The SMILES string of the molecule is CCCCCCCCCCCCCC.CCCCCCCCCCCCCCCCS(=O)(=O)O. The van der Waals surface area contributed by atoms with Gasteiger partial charge in [0.15, 0.2) is 0 Å². The topological polar surface area (TPSA) is 54.4 Å². The number of unbranched alkanes of at least 4 members (excludes halogenated alkanes) is 24. The molecule has 0 saturated heterocycles. The molecule has 0 atom stereocenters. The summed E-state index contributed by atoms with van der Waals surface area (Å²) in [4.78, 5) is 0. The van der Waals surface area contributed by atoms with E-state index >= 15 is 0 Å². The third-order valence-electron chi connectivity index (χ3n) is 6.71. The van der Waals surface area contributed by atoms with Crippen LogP contribution in [0.15, 0.2) is 0 Å². The molecule has 0 amide bonds. The molecule has 208 valence electrons. The molecular formula is C30H64O3S. The fourth-order valence-electron chi connectivity index (χ4n) is 4.39. The monoisotopic (exact) mass is 504 g/mol. The maximum atomic E-state index is 10.5. The van der Waals surface area contributed by atoms with E-state index in [2.05, 4.69) is 20.8 Å². The Balaban J connectivity index is 0. The van der Waals surface area contributed by atoms with Crippen molar-refractivity contribution in [2.75, 3.05) is 5.75 Å². The Kier molecular flexibility index (Phi) is 32.8. The smallest absolute Gasteiger partial charge is 0.264 e. The number of hydrogen-bond donors (Lipinski definition) is 1. The highest BCUT2D eigenvalue weighted by Crippen LogP contribution is 2.13. The minimum Gasteiger partial charge on any atom is -0.286 e. The van der Waals surface area contributed by atoms with E-state index in [0.29, 0.717) is 6.42 Å². The predicted octanol–water partition coefficient (Wildman–Crippen LogP) is 11.1. The van der Waals surface area contributed by atoms with E-state index in [-0.39, 0.29) is 5.75 Å². The van der Waals surface area contributed by atoms with Crippen molar-refractivity contribution in [3.63, 3.8) is 0 Å². The van der Waals surface area contributed by atoms with Gasteiger partial charge in [-0.1, -0.05) is 181 Å². The lowest BCUT2D eigenvalue weighted by molar-refractivity contribution is 0.478. The van der Waals surface area contributed by atoms with E-state index in [1.54, 1.807) is 0 Å². The normalized spacial score (nSPS) is 11.4. The second kappa shape index (κ2) is 30.9. The van der Waals surface area contributed by atoms with E-state index in [1.165, 1.54) is 148 Å². The molecule has 0 heterocycles. The van der Waals surface area contributed by atoms with Gasteiger partial charge in [-0.15, -0.1) is 0 Å². The molecule has 0 aromatic carbocycles. The Morgan fingerprint density at radius 2 is 0.529 bits per heavy atom. The Morgan fingerprint density at radius 1 is 0.353 bits per heavy atom. The van der Waals surface area contributed by atoms with Gasteiger partial charge in [0.2, 0.25) is 0 Å². The summed E-state index contributed by atoms with van der Waals surface area (Å²) in [6, 6.07) is 0. The van der Waals surface area contributed by atoms with Crippen molar-refractivity contribution in [3.05, 3.63) is 0 Å². The molecule has 0 bridgehead atoms. The summed E-state index contributed by atoms with van der Waals surface area (Å²) in [6.45, 7) is 6.82. The van der Waals surface area contributed by atoms with Gasteiger partial charge in [0.25, 0.3) is 10.1 Å². The quantitative estimate of drug-likeness (QED) is 0.0941. The van der Waals surface area contributed by atoms with Gasteiger partial charge in [0, 0.05) is 0 Å². The van der Waals surface area contributed by atoms with E-state index in [1.807, 2.05) is 0 Å². The fraction of sp³-hybridized carbons (Fsp3) is 1.00. The molecule has 0 aromatic heterocycles. The minimum absolute atomic E-state index is 0.0783. The average molecular weight is 505 g/mol. The third kappa shape index (κ3) is 39.1. The van der Waals surface area contributed by atoms with Crippen LogP contribution < -0.4 is 0 Å². The Hall–Kier alpha value is -0.0900. The molecule has 0 aliphatic heterocycles. The summed E-state index contributed by atoms with van der Waals surface area (Å²) >= 11 is 0. The van der Waals surface area contributed by atoms with Crippen molar-refractivity contribution >= 4 is 10.1 Å². The van der Waals surface area contributed by atoms with Crippen molar-refractivity contribution < 1.29 is 13.0 Å². The molecule has 0 aromatic rings. The molecule has 0 radical (unpaired) electrons. The lowest BCUT2D eigenvalue weighted by Gasteiger charge is -2.03. The maximum Gasteiger partial charge on any atom is 0.264 e. The highest BCUT2D eigenvalue weighted by molar-refractivity contribution is 7.85. The Labute approximate surface area is 216 Å². The molecule has 0 unspecified atom stereocenters. The molecule has 4 heteroatoms. The first-order valence-corrected chi connectivity index (χ1v) is 17.0. The zero-order valence-corrected chi connectivity index (χ0v) is 24.6. The van der Waals surface area contributed by atoms with Crippen LogP contribution >= 0.6 is 0 Å². The highest BCUT2D eigenvalue weighted by Gasteiger charge is 2.02. The Bertz CT molecular complexity index is 436. The molecule has 1 N–H and O–H groups in total. The standard InChI is InChI=1S/C16H34O3S.C14H30/c1-2-3-4-5-6-7-8-9-10-11-12-13-14-15-16-20(17,18)19;1-3-5-7-9-11-13-14-12-10-8-6-4-2/h2-16H2,1H3,(H,17,18,19);3-14H2,1-2H3. The van der Waals surface area contributed by atoms with Gasteiger partial charge in [-0.2, -0.15) is 8.42 Å². The zero-order valence-electron chi connectivity index (χ0n) is 23.8. The van der Waals surface area contributed by atoms with Crippen molar-refractivity contribution in [1.29, 1.82) is 0 Å². The largest absolute Gasteiger partial charge is 0.286 e. The van der Waals surface area contributed by atoms with Gasteiger partial charge in [-0.05, 0) is 6.42 Å². The van der Waals surface area contributed by atoms with Gasteiger partial charge < -0.3 is 0 Å². The molecular weight excluding hydrogens is 440 g/mol. The van der Waals surface area contributed by atoms with E-state index in [0.717, 1.165) is 12.8 Å². The van der Waals surface area contributed by atoms with E-state index in [9.17, 15) is 8.42 Å². The van der Waals surface area contributed by atoms with Crippen molar-refractivity contribution in [3.8, 4) is 0 Å². The van der Waals surface area contributed by atoms with Crippen LogP contribution in [0.4, 0.5) is 0 Å². The van der Waals surface area contributed by atoms with Gasteiger partial charge in [-0.3, -0.25) is 4.55 Å². The van der Waals surface area contributed by atoms with Crippen molar-refractivity contribution in [1.82, 2.24) is 0 Å². The molecule has 34 heavy (non-hydrogen) atoms. The van der Waals surface area contributed by atoms with Gasteiger partial charge in [0.05, 0.1) is 5.75 Å². The van der Waals surface area contributed by atoms with Crippen LogP contribution in [0.3, 0.4) is 0 Å². The minimum atomic E-state index is -3.74. The molecule has 0 saturated carbocycles. The second-order valence-corrected chi connectivity index (χ2v) is 12.0. The fourth-order valence-corrected chi connectivity index (χ4v) is 4.96. The summed E-state index contributed by atoms with van der Waals surface area (Å²) in [5, 5.41) is 0. The molecule has 0 fully saturated rings. The van der Waals surface area contributed by atoms with Crippen molar-refractivity contribution in [2.45, 2.75) is 188 Å². The molecule has 3 nitrogen and oxygen atoms in total. The van der Waals surface area contributed by atoms with Crippen LogP contribution in [-0.2, 0) is 10.1 Å². The van der Waals surface area contributed by atoms with Gasteiger partial charge in [-0.25, -0.2) is 0 Å². The maximum absolute atomic E-state index is 10.5. The van der Waals surface area contributed by atoms with Crippen LogP contribution in [0.1, 0.15) is 188 Å². The van der Waals surface area contributed by atoms with E-state index < -0.39 is 10.1 Å². The van der Waals surface area contributed by atoms with Crippen molar-refractivity contribution in [2.24, 2.45) is 0 Å². The molecule has 0 rings (SSSR count). The first-order chi connectivity index (χ1) is 16.5. The molecule has 0 aliphatic rings. The highest BCUT2D eigenvalue weighted by atomic mass is 32.2. The summed E-state index contributed by atoms with van der Waals surface area (Å²) in [6.07, 6.45) is 34.8. The van der Waals surface area contributed by atoms with Crippen LogP contribution in [0.25, 0.3) is 0 Å². The first-order valence-electron chi connectivity index (χ1n) is 15.4. The van der Waals surface area contributed by atoms with Crippen LogP contribution in [0, 0.1) is 0 Å². The third-order valence-corrected chi connectivity index (χ3v) is 7.52. The Morgan fingerprint density at radius 3 is 0.706 bits per heavy atom. The summed E-state index contributed by atoms with van der Waals surface area (Å²) in [7, 11) is -3.74. The first kappa shape index (κ1) is 36.1. The summed E-state index contributed by atoms with van der Waals surface area (Å²) in [5.74, 6) is -0.0783. The summed E-state index contributed by atoms with van der Waals surface area (Å²) in [5.41, 5.74) is 0. The average Bonchev–Trinajstić information content (AvgIpc) is 2.80. The predicted molar refractivity (Wildman–Crippen MR) is 153 cm³/mol. The second-order valence-electron chi connectivity index (χ2n) is 10.4. The number of hydrogen-bond acceptors (Lipinski definition) is 2. The van der Waals surface area contributed by atoms with Gasteiger partial charge >= 0.3 is 0 Å². The van der Waals surface area contributed by atoms with Gasteiger partial charge in [0.1, 0.15) is 0 Å². The summed E-state index contributed by atoms with van der Waals surface area (Å²) < 4.78 is 29.6. The lowest BCUT2D eigenvalue weighted by Crippen LogP contribution is -2.03. The van der Waals surface area contributed by atoms with Crippen LogP contribution in [0.5, 0.6) is 0 Å². The molecule has 0 aliphatic carbocycles. The zero-order chi connectivity index (χ0) is 25.6. The van der Waals surface area contributed by atoms with Crippen LogP contribution in [-0.4, -0.2) is 18.7 Å². The lowest BCUT2D eigenvalue weighted by atomic mass is 10.0. The van der Waals surface area contributed by atoms with E-state index in [4.69, 9.17) is 4.55 Å². The molecule has 0 spiro atoms. The number of rotatable bonds is 26.